The third-order valence-electron chi connectivity index (χ3n) is 2.88. The van der Waals surface area contributed by atoms with Gasteiger partial charge in [-0.2, -0.15) is 4.98 Å². The van der Waals surface area contributed by atoms with Crippen molar-refractivity contribution in [2.45, 2.75) is 25.8 Å². The predicted octanol–water partition coefficient (Wildman–Crippen LogP) is 1.08. The second kappa shape index (κ2) is 5.66. The smallest absolute Gasteiger partial charge is 0.376 e. The average molecular weight is 256 g/mol. The molecule has 0 bridgehead atoms. The van der Waals surface area contributed by atoms with E-state index in [2.05, 4.69) is 9.97 Å². The third-order valence-corrected chi connectivity index (χ3v) is 3.06. The molecule has 92 valence electrons. The van der Waals surface area contributed by atoms with Crippen molar-refractivity contribution >= 4 is 18.7 Å². The molecule has 1 aliphatic rings. The highest BCUT2D eigenvalue weighted by Gasteiger charge is 2.25. The van der Waals surface area contributed by atoms with Gasteiger partial charge >= 0.3 is 7.05 Å². The Morgan fingerprint density at radius 3 is 2.76 bits per heavy atom. The van der Waals surface area contributed by atoms with Gasteiger partial charge in [0.25, 0.3) is 0 Å². The molecule has 0 unspecified atom stereocenters. The van der Waals surface area contributed by atoms with Crippen molar-refractivity contribution in [3.05, 3.63) is 17.5 Å². The average Bonchev–Trinajstić information content (AvgIpc) is 2.29. The van der Waals surface area contributed by atoms with Crippen molar-refractivity contribution in [2.75, 3.05) is 13.1 Å². The summed E-state index contributed by atoms with van der Waals surface area (Å²) in [7, 11) is -0.387. The van der Waals surface area contributed by atoms with Crippen molar-refractivity contribution in [1.82, 2.24) is 14.8 Å². The van der Waals surface area contributed by atoms with Gasteiger partial charge in [-0.3, -0.25) is 4.98 Å². The SMILES string of the molecule is CB(O)N1CCC(Oc2cncc(Cl)n2)CC1. The molecule has 2 rings (SSSR count). The van der Waals surface area contributed by atoms with Crippen LogP contribution in [0.1, 0.15) is 12.8 Å². The Kier molecular flexibility index (Phi) is 4.20. The summed E-state index contributed by atoms with van der Waals surface area (Å²) in [5, 5.41) is 9.77. The molecule has 1 saturated heterocycles. The Hall–Kier alpha value is -0.845. The van der Waals surface area contributed by atoms with E-state index >= 15 is 0 Å². The first-order valence-electron chi connectivity index (χ1n) is 5.71. The molecule has 5 nitrogen and oxygen atoms in total. The van der Waals surface area contributed by atoms with Gasteiger partial charge in [0, 0.05) is 0 Å². The van der Waals surface area contributed by atoms with Crippen molar-refractivity contribution in [1.29, 1.82) is 0 Å². The lowest BCUT2D eigenvalue weighted by molar-refractivity contribution is 0.123. The van der Waals surface area contributed by atoms with Crippen LogP contribution >= 0.6 is 11.6 Å². The number of ether oxygens (including phenoxy) is 1. The summed E-state index contributed by atoms with van der Waals surface area (Å²) in [4.78, 5) is 9.98. The van der Waals surface area contributed by atoms with Crippen LogP contribution in [0, 0.1) is 0 Å². The highest BCUT2D eigenvalue weighted by atomic mass is 35.5. The maximum Gasteiger partial charge on any atom is 0.376 e. The highest BCUT2D eigenvalue weighted by molar-refractivity contribution is 6.45. The third kappa shape index (κ3) is 3.56. The van der Waals surface area contributed by atoms with Crippen LogP contribution in [0.5, 0.6) is 5.88 Å². The maximum atomic E-state index is 9.43. The van der Waals surface area contributed by atoms with Gasteiger partial charge in [-0.1, -0.05) is 11.6 Å². The van der Waals surface area contributed by atoms with E-state index in [1.807, 2.05) is 4.81 Å². The normalized spacial score (nSPS) is 18.1. The maximum absolute atomic E-state index is 9.43. The van der Waals surface area contributed by atoms with E-state index in [1.54, 1.807) is 13.0 Å². The number of piperidine rings is 1. The van der Waals surface area contributed by atoms with E-state index in [9.17, 15) is 5.02 Å². The molecular weight excluding hydrogens is 240 g/mol. The molecule has 2 heterocycles. The summed E-state index contributed by atoms with van der Waals surface area (Å²) < 4.78 is 5.70. The minimum atomic E-state index is -0.387. The van der Waals surface area contributed by atoms with E-state index in [0.29, 0.717) is 11.0 Å². The Morgan fingerprint density at radius 2 is 2.18 bits per heavy atom. The standard InChI is InChI=1S/C10H15BClN3O2/c1-11(16)15-4-2-8(3-5-15)17-10-7-13-6-9(12)14-10/h6-8,16H,2-5H2,1H3. The molecule has 1 fully saturated rings. The van der Waals surface area contributed by atoms with Gasteiger partial charge in [-0.25, -0.2) is 0 Å². The molecule has 0 saturated carbocycles. The van der Waals surface area contributed by atoms with Crippen LogP contribution in [0.25, 0.3) is 0 Å². The van der Waals surface area contributed by atoms with E-state index < -0.39 is 0 Å². The fourth-order valence-corrected chi connectivity index (χ4v) is 2.06. The first kappa shape index (κ1) is 12.6. The molecule has 1 aromatic heterocycles. The summed E-state index contributed by atoms with van der Waals surface area (Å²) in [6.45, 7) is 3.44. The number of nitrogens with zero attached hydrogens (tertiary/aromatic N) is 3. The summed E-state index contributed by atoms with van der Waals surface area (Å²) in [5.41, 5.74) is 0. The summed E-state index contributed by atoms with van der Waals surface area (Å²) in [5.74, 6) is 0.466. The second-order valence-corrected chi connectivity index (χ2v) is 4.55. The fraction of sp³-hybridized carbons (Fsp3) is 0.600. The number of rotatable bonds is 3. The monoisotopic (exact) mass is 255 g/mol. The summed E-state index contributed by atoms with van der Waals surface area (Å²) in [6.07, 6.45) is 4.91. The lowest BCUT2D eigenvalue weighted by Gasteiger charge is -2.32. The van der Waals surface area contributed by atoms with E-state index in [-0.39, 0.29) is 13.2 Å². The lowest BCUT2D eigenvalue weighted by Crippen LogP contribution is -2.45. The molecule has 1 N–H and O–H groups in total. The zero-order valence-electron chi connectivity index (χ0n) is 9.71. The van der Waals surface area contributed by atoms with Crippen LogP contribution in [-0.4, -0.2) is 46.0 Å². The number of aromatic nitrogens is 2. The van der Waals surface area contributed by atoms with Crippen LogP contribution in [0.15, 0.2) is 12.4 Å². The van der Waals surface area contributed by atoms with Gasteiger partial charge in [-0.15, -0.1) is 0 Å². The van der Waals surface area contributed by atoms with Gasteiger partial charge in [0.1, 0.15) is 6.10 Å². The Labute approximate surface area is 106 Å². The van der Waals surface area contributed by atoms with Gasteiger partial charge in [0.05, 0.1) is 12.4 Å². The minimum absolute atomic E-state index is 0.123. The largest absolute Gasteiger partial charge is 0.473 e. The molecule has 0 radical (unpaired) electrons. The zero-order chi connectivity index (χ0) is 12.3. The molecule has 0 spiro atoms. The van der Waals surface area contributed by atoms with Crippen LogP contribution in [0.4, 0.5) is 0 Å². The van der Waals surface area contributed by atoms with Gasteiger partial charge in [-0.05, 0) is 32.8 Å². The van der Waals surface area contributed by atoms with Gasteiger partial charge < -0.3 is 14.6 Å². The minimum Gasteiger partial charge on any atom is -0.473 e. The molecule has 1 aliphatic heterocycles. The zero-order valence-corrected chi connectivity index (χ0v) is 10.5. The lowest BCUT2D eigenvalue weighted by atomic mass is 9.82. The predicted molar refractivity (Wildman–Crippen MR) is 66.1 cm³/mol. The molecule has 0 aliphatic carbocycles. The Balaban J connectivity index is 1.86. The van der Waals surface area contributed by atoms with Crippen molar-refractivity contribution < 1.29 is 9.76 Å². The summed E-state index contributed by atoms with van der Waals surface area (Å²) in [6, 6.07) is 0. The first-order chi connectivity index (χ1) is 8.15. The van der Waals surface area contributed by atoms with Gasteiger partial charge in [0.15, 0.2) is 5.15 Å². The number of halogens is 1. The van der Waals surface area contributed by atoms with E-state index in [4.69, 9.17) is 16.3 Å². The molecule has 7 heteroatoms. The van der Waals surface area contributed by atoms with Crippen LogP contribution in [0.2, 0.25) is 12.0 Å². The summed E-state index contributed by atoms with van der Waals surface area (Å²) >= 11 is 5.73. The topological polar surface area (TPSA) is 58.5 Å². The van der Waals surface area contributed by atoms with Crippen LogP contribution in [0.3, 0.4) is 0 Å². The van der Waals surface area contributed by atoms with E-state index in [0.717, 1.165) is 25.9 Å². The van der Waals surface area contributed by atoms with Gasteiger partial charge in [0.2, 0.25) is 5.88 Å². The first-order valence-corrected chi connectivity index (χ1v) is 6.09. The van der Waals surface area contributed by atoms with E-state index in [1.165, 1.54) is 6.20 Å². The molecule has 1 aromatic rings. The highest BCUT2D eigenvalue weighted by Crippen LogP contribution is 2.18. The molecule has 0 atom stereocenters. The molecule has 0 amide bonds. The fourth-order valence-electron chi connectivity index (χ4n) is 1.92. The van der Waals surface area contributed by atoms with Crippen molar-refractivity contribution in [2.24, 2.45) is 0 Å². The molecule has 0 aromatic carbocycles. The Morgan fingerprint density at radius 1 is 1.47 bits per heavy atom. The number of hydrogen-bond acceptors (Lipinski definition) is 5. The second-order valence-electron chi connectivity index (χ2n) is 4.17. The molecular formula is C10H15BClN3O2. The molecule has 17 heavy (non-hydrogen) atoms. The van der Waals surface area contributed by atoms with Crippen LogP contribution < -0.4 is 4.74 Å². The van der Waals surface area contributed by atoms with Crippen molar-refractivity contribution in [3.63, 3.8) is 0 Å². The van der Waals surface area contributed by atoms with Crippen LogP contribution in [-0.2, 0) is 0 Å². The quantitative estimate of drug-likeness (QED) is 0.819. The Bertz CT molecular complexity index is 372. The number of hydrogen-bond donors (Lipinski definition) is 1. The van der Waals surface area contributed by atoms with Crippen molar-refractivity contribution in [3.8, 4) is 5.88 Å².